The molecule has 1 atom stereocenters. The minimum Gasteiger partial charge on any atom is -0.493 e. The number of carbonyl (C=O) groups excluding carboxylic acids is 1. The molecule has 2 rings (SSSR count). The smallest absolute Gasteiger partial charge is 0.237 e. The molecule has 5 nitrogen and oxygen atoms in total. The molecule has 1 aromatic rings. The Balaban J connectivity index is 2.33. The SMILES string of the molecule is CNCC(=O)N1CCc2cc(OC)c(OC)cc2C1C. The molecule has 0 spiro atoms. The van der Waals surface area contributed by atoms with Crippen LogP contribution in [0, 0.1) is 0 Å². The van der Waals surface area contributed by atoms with Crippen LogP contribution in [0.25, 0.3) is 0 Å². The predicted octanol–water partition coefficient (Wildman–Crippen LogP) is 1.37. The van der Waals surface area contributed by atoms with Gasteiger partial charge in [0.25, 0.3) is 0 Å². The fourth-order valence-electron chi connectivity index (χ4n) is 2.74. The third-order valence-corrected chi connectivity index (χ3v) is 3.83. The molecule has 20 heavy (non-hydrogen) atoms. The van der Waals surface area contributed by atoms with Crippen LogP contribution in [0.15, 0.2) is 12.1 Å². The van der Waals surface area contributed by atoms with E-state index in [-0.39, 0.29) is 11.9 Å². The maximum atomic E-state index is 12.1. The molecule has 0 bridgehead atoms. The van der Waals surface area contributed by atoms with Crippen molar-refractivity contribution in [1.29, 1.82) is 0 Å². The first kappa shape index (κ1) is 14.7. The summed E-state index contributed by atoms with van der Waals surface area (Å²) in [5, 5.41) is 2.91. The summed E-state index contributed by atoms with van der Waals surface area (Å²) in [6.07, 6.45) is 0.843. The van der Waals surface area contributed by atoms with Crippen molar-refractivity contribution in [3.8, 4) is 11.5 Å². The van der Waals surface area contributed by atoms with Gasteiger partial charge >= 0.3 is 0 Å². The lowest BCUT2D eigenvalue weighted by Gasteiger charge is -2.35. The van der Waals surface area contributed by atoms with Gasteiger partial charge in [-0.1, -0.05) is 0 Å². The number of hydrogen-bond acceptors (Lipinski definition) is 4. The lowest BCUT2D eigenvalue weighted by atomic mass is 9.92. The third-order valence-electron chi connectivity index (χ3n) is 3.83. The van der Waals surface area contributed by atoms with Crippen molar-refractivity contribution in [2.45, 2.75) is 19.4 Å². The number of hydrogen-bond donors (Lipinski definition) is 1. The number of nitrogens with zero attached hydrogens (tertiary/aromatic N) is 1. The van der Waals surface area contributed by atoms with E-state index in [0.29, 0.717) is 12.3 Å². The lowest BCUT2D eigenvalue weighted by molar-refractivity contribution is -0.132. The van der Waals surface area contributed by atoms with Crippen LogP contribution in [0.5, 0.6) is 11.5 Å². The maximum absolute atomic E-state index is 12.1. The fourth-order valence-corrected chi connectivity index (χ4v) is 2.74. The van der Waals surface area contributed by atoms with Crippen molar-refractivity contribution >= 4 is 5.91 Å². The van der Waals surface area contributed by atoms with Crippen LogP contribution in [0.4, 0.5) is 0 Å². The summed E-state index contributed by atoms with van der Waals surface area (Å²) < 4.78 is 10.7. The Bertz CT molecular complexity index is 502. The molecule has 1 amide bonds. The number of rotatable bonds is 4. The van der Waals surface area contributed by atoms with Crippen molar-refractivity contribution < 1.29 is 14.3 Å². The standard InChI is InChI=1S/C15H22N2O3/c1-10-12-8-14(20-4)13(19-3)7-11(12)5-6-17(10)15(18)9-16-2/h7-8,10,16H,5-6,9H2,1-4H3. The highest BCUT2D eigenvalue weighted by molar-refractivity contribution is 5.79. The van der Waals surface area contributed by atoms with Gasteiger partial charge in [0.15, 0.2) is 11.5 Å². The zero-order chi connectivity index (χ0) is 14.7. The number of benzene rings is 1. The highest BCUT2D eigenvalue weighted by atomic mass is 16.5. The van der Waals surface area contributed by atoms with E-state index in [0.717, 1.165) is 24.3 Å². The Morgan fingerprint density at radius 1 is 1.35 bits per heavy atom. The van der Waals surface area contributed by atoms with Crippen LogP contribution in [0.2, 0.25) is 0 Å². The number of likely N-dealkylation sites (N-methyl/N-ethyl adjacent to an activating group) is 1. The van der Waals surface area contributed by atoms with Crippen LogP contribution in [-0.4, -0.2) is 45.2 Å². The van der Waals surface area contributed by atoms with E-state index in [1.54, 1.807) is 21.3 Å². The van der Waals surface area contributed by atoms with Crippen molar-refractivity contribution in [3.05, 3.63) is 23.3 Å². The van der Waals surface area contributed by atoms with E-state index in [4.69, 9.17) is 9.47 Å². The van der Waals surface area contributed by atoms with E-state index in [2.05, 4.69) is 12.2 Å². The molecular weight excluding hydrogens is 256 g/mol. The highest BCUT2D eigenvalue weighted by Crippen LogP contribution is 2.37. The van der Waals surface area contributed by atoms with E-state index in [1.165, 1.54) is 5.56 Å². The molecule has 1 unspecified atom stereocenters. The van der Waals surface area contributed by atoms with Gasteiger partial charge in [-0.25, -0.2) is 0 Å². The van der Waals surface area contributed by atoms with Gasteiger partial charge in [0, 0.05) is 6.54 Å². The molecule has 110 valence electrons. The van der Waals surface area contributed by atoms with Crippen molar-refractivity contribution in [3.63, 3.8) is 0 Å². The topological polar surface area (TPSA) is 50.8 Å². The predicted molar refractivity (Wildman–Crippen MR) is 77.3 cm³/mol. The van der Waals surface area contributed by atoms with Crippen LogP contribution in [-0.2, 0) is 11.2 Å². The van der Waals surface area contributed by atoms with Crippen LogP contribution < -0.4 is 14.8 Å². The minimum atomic E-state index is 0.0550. The van der Waals surface area contributed by atoms with Gasteiger partial charge in [-0.15, -0.1) is 0 Å². The van der Waals surface area contributed by atoms with Crippen LogP contribution >= 0.6 is 0 Å². The van der Waals surface area contributed by atoms with E-state index in [9.17, 15) is 4.79 Å². The third kappa shape index (κ3) is 2.58. The second-order valence-electron chi connectivity index (χ2n) is 4.95. The van der Waals surface area contributed by atoms with Crippen molar-refractivity contribution in [1.82, 2.24) is 10.2 Å². The monoisotopic (exact) mass is 278 g/mol. The molecule has 1 N–H and O–H groups in total. The Morgan fingerprint density at radius 3 is 2.60 bits per heavy atom. The second kappa shape index (κ2) is 6.13. The molecule has 0 fully saturated rings. The molecule has 0 saturated carbocycles. The Morgan fingerprint density at radius 2 is 2.00 bits per heavy atom. The molecule has 0 radical (unpaired) electrons. The summed E-state index contributed by atoms with van der Waals surface area (Å²) in [4.78, 5) is 14.0. The minimum absolute atomic E-state index is 0.0550. The number of nitrogens with one attached hydrogen (secondary N) is 1. The Kier molecular flexibility index (Phi) is 4.49. The average molecular weight is 278 g/mol. The van der Waals surface area contributed by atoms with E-state index >= 15 is 0 Å². The first-order chi connectivity index (χ1) is 9.62. The number of methoxy groups -OCH3 is 2. The highest BCUT2D eigenvalue weighted by Gasteiger charge is 2.28. The normalized spacial score (nSPS) is 17.6. The zero-order valence-electron chi connectivity index (χ0n) is 12.5. The van der Waals surface area contributed by atoms with Gasteiger partial charge in [-0.2, -0.15) is 0 Å². The maximum Gasteiger partial charge on any atom is 0.237 e. The molecule has 0 saturated heterocycles. The van der Waals surface area contributed by atoms with Gasteiger partial charge in [0.2, 0.25) is 5.91 Å². The fraction of sp³-hybridized carbons (Fsp3) is 0.533. The van der Waals surface area contributed by atoms with Crippen LogP contribution in [0.1, 0.15) is 24.1 Å². The van der Waals surface area contributed by atoms with Crippen molar-refractivity contribution in [2.24, 2.45) is 0 Å². The Hall–Kier alpha value is -1.75. The van der Waals surface area contributed by atoms with Gasteiger partial charge in [0.1, 0.15) is 0 Å². The molecule has 0 aromatic heterocycles. The number of carbonyl (C=O) groups is 1. The molecule has 1 aromatic carbocycles. The van der Waals surface area contributed by atoms with Crippen molar-refractivity contribution in [2.75, 3.05) is 34.4 Å². The molecular formula is C15H22N2O3. The van der Waals surface area contributed by atoms with Gasteiger partial charge in [-0.3, -0.25) is 4.79 Å². The number of fused-ring (bicyclic) bond motifs is 1. The summed E-state index contributed by atoms with van der Waals surface area (Å²) >= 11 is 0. The van der Waals surface area contributed by atoms with Crippen LogP contribution in [0.3, 0.4) is 0 Å². The molecule has 1 aliphatic heterocycles. The molecule has 1 aliphatic rings. The Labute approximate surface area is 119 Å². The summed E-state index contributed by atoms with van der Waals surface area (Å²) in [6.45, 7) is 3.16. The summed E-state index contributed by atoms with van der Waals surface area (Å²) in [5.74, 6) is 1.58. The molecule has 1 heterocycles. The summed E-state index contributed by atoms with van der Waals surface area (Å²) in [6, 6.07) is 4.06. The zero-order valence-corrected chi connectivity index (χ0v) is 12.5. The van der Waals surface area contributed by atoms with Gasteiger partial charge < -0.3 is 19.7 Å². The van der Waals surface area contributed by atoms with E-state index < -0.39 is 0 Å². The summed E-state index contributed by atoms with van der Waals surface area (Å²) in [7, 11) is 5.05. The second-order valence-corrected chi connectivity index (χ2v) is 4.95. The quantitative estimate of drug-likeness (QED) is 0.904. The number of ether oxygens (including phenoxy) is 2. The molecule has 5 heteroatoms. The summed E-state index contributed by atoms with van der Waals surface area (Å²) in [5.41, 5.74) is 2.36. The first-order valence-electron chi connectivity index (χ1n) is 6.81. The molecule has 0 aliphatic carbocycles. The van der Waals surface area contributed by atoms with Gasteiger partial charge in [-0.05, 0) is 43.7 Å². The number of amides is 1. The first-order valence-corrected chi connectivity index (χ1v) is 6.81. The van der Waals surface area contributed by atoms with Gasteiger partial charge in [0.05, 0.1) is 26.8 Å². The lowest BCUT2D eigenvalue weighted by Crippen LogP contribution is -2.42. The van der Waals surface area contributed by atoms with E-state index in [1.807, 2.05) is 17.0 Å². The average Bonchev–Trinajstić information content (AvgIpc) is 2.46. The largest absolute Gasteiger partial charge is 0.493 e.